The van der Waals surface area contributed by atoms with Crippen LogP contribution in [0.3, 0.4) is 0 Å². The number of alkyl halides is 1. The van der Waals surface area contributed by atoms with Gasteiger partial charge in [-0.3, -0.25) is 19.2 Å². The van der Waals surface area contributed by atoms with Gasteiger partial charge in [0.25, 0.3) is 5.91 Å². The topological polar surface area (TPSA) is 135 Å². The molecule has 1 aliphatic heterocycles. The zero-order chi connectivity index (χ0) is 22.8. The molecule has 1 amide bonds. The van der Waals surface area contributed by atoms with Crippen molar-refractivity contribution in [2.45, 2.75) is 31.9 Å². The molecule has 9 nitrogen and oxygen atoms in total. The second kappa shape index (κ2) is 9.19. The molecule has 10 heteroatoms. The van der Waals surface area contributed by atoms with Crippen molar-refractivity contribution in [3.63, 3.8) is 0 Å². The molecule has 0 saturated carbocycles. The van der Waals surface area contributed by atoms with E-state index in [-0.39, 0.29) is 11.5 Å². The molecule has 5 N–H and O–H groups in total. The number of hydrogen-bond acceptors (Lipinski definition) is 8. The molecule has 0 spiro atoms. The summed E-state index contributed by atoms with van der Waals surface area (Å²) >= 11 is 0. The van der Waals surface area contributed by atoms with Crippen LogP contribution in [-0.2, 0) is 6.42 Å². The maximum absolute atomic E-state index is 13.2. The molecule has 3 aromatic rings. The Labute approximate surface area is 184 Å². The molecule has 1 saturated heterocycles. The first-order valence-electron chi connectivity index (χ1n) is 10.5. The number of anilines is 2. The van der Waals surface area contributed by atoms with Gasteiger partial charge in [0.15, 0.2) is 5.58 Å². The number of carbonyl (C=O) groups excluding carboxylic acids is 1. The summed E-state index contributed by atoms with van der Waals surface area (Å²) in [6.07, 6.45) is 6.41. The normalized spacial score (nSPS) is 21.2. The van der Waals surface area contributed by atoms with Gasteiger partial charge in [-0.2, -0.15) is 0 Å². The molecule has 4 rings (SSSR count). The summed E-state index contributed by atoms with van der Waals surface area (Å²) in [7, 11) is 0. The monoisotopic (exact) mass is 442 g/mol. The minimum absolute atomic E-state index is 0.0460. The lowest BCUT2D eigenvalue weighted by Crippen LogP contribution is -2.56. The van der Waals surface area contributed by atoms with E-state index in [9.17, 15) is 14.3 Å². The number of nitrogens with zero attached hydrogens (tertiary/aromatic N) is 4. The number of hydrogen-bond donors (Lipinski definition) is 3. The lowest BCUT2D eigenvalue weighted by Gasteiger charge is -2.40. The number of carbonyl (C=O) groups is 1. The molecule has 0 bridgehead atoms. The first-order chi connectivity index (χ1) is 15.4. The van der Waals surface area contributed by atoms with E-state index in [2.05, 4.69) is 9.97 Å². The Balaban J connectivity index is 1.61. The second-order valence-corrected chi connectivity index (χ2v) is 8.21. The van der Waals surface area contributed by atoms with Crippen molar-refractivity contribution in [1.82, 2.24) is 9.97 Å². The second-order valence-electron chi connectivity index (χ2n) is 8.21. The molecule has 1 fully saturated rings. The van der Waals surface area contributed by atoms with Crippen LogP contribution in [0.1, 0.15) is 29.3 Å². The van der Waals surface area contributed by atoms with Gasteiger partial charge in [-0.05, 0) is 30.5 Å². The van der Waals surface area contributed by atoms with Crippen molar-refractivity contribution in [2.24, 2.45) is 17.5 Å². The van der Waals surface area contributed by atoms with Gasteiger partial charge in [0, 0.05) is 37.4 Å². The van der Waals surface area contributed by atoms with E-state index in [0.717, 1.165) is 10.6 Å². The predicted molar refractivity (Wildman–Crippen MR) is 119 cm³/mol. The summed E-state index contributed by atoms with van der Waals surface area (Å²) in [5.74, 6) is 5.70. The zero-order valence-electron chi connectivity index (χ0n) is 17.8. The van der Waals surface area contributed by atoms with Gasteiger partial charge >= 0.3 is 0 Å². The fourth-order valence-electron chi connectivity index (χ4n) is 4.10. The third-order valence-corrected chi connectivity index (χ3v) is 5.86. The first kappa shape index (κ1) is 22.1. The Morgan fingerprint density at radius 1 is 1.41 bits per heavy atom. The Bertz CT molecular complexity index is 1090. The SMILES string of the molecule is CC1CN(c2ccncc2N(N)C(=O)c2coc3cc(CCCF)cnc23)CC(N)C1O. The number of aliphatic hydroxyl groups is 1. The lowest BCUT2D eigenvalue weighted by molar-refractivity contribution is 0.0785. The summed E-state index contributed by atoms with van der Waals surface area (Å²) in [5.41, 5.74) is 9.08. The number of piperidine rings is 1. The van der Waals surface area contributed by atoms with Gasteiger partial charge in [-0.15, -0.1) is 0 Å². The van der Waals surface area contributed by atoms with Crippen LogP contribution in [0, 0.1) is 5.92 Å². The standard InChI is InChI=1S/C22H27FN6O3/c1-13-10-28(11-16(24)21(13)30)17-4-6-26-9-18(17)29(25)22(31)15-12-32-19-7-14(3-2-5-23)8-27-20(15)19/h4,6-9,12-13,16,21,30H,2-3,5,10-11,24-25H2,1H3. The molecular formula is C22H27FN6O3. The number of amides is 1. The van der Waals surface area contributed by atoms with Crippen LogP contribution in [0.15, 0.2) is 41.4 Å². The van der Waals surface area contributed by atoms with Gasteiger partial charge in [-0.25, -0.2) is 10.9 Å². The van der Waals surface area contributed by atoms with Crippen molar-refractivity contribution < 1.29 is 18.7 Å². The first-order valence-corrected chi connectivity index (χ1v) is 10.5. The van der Waals surface area contributed by atoms with Crippen molar-refractivity contribution in [2.75, 3.05) is 29.7 Å². The molecule has 3 unspecified atom stereocenters. The fraction of sp³-hybridized carbons (Fsp3) is 0.409. The molecule has 170 valence electrons. The fourth-order valence-corrected chi connectivity index (χ4v) is 4.10. The van der Waals surface area contributed by atoms with Crippen molar-refractivity contribution in [1.29, 1.82) is 0 Å². The van der Waals surface area contributed by atoms with Crippen molar-refractivity contribution in [3.05, 3.63) is 48.1 Å². The minimum atomic E-state index is -0.592. The summed E-state index contributed by atoms with van der Waals surface area (Å²) in [6.45, 7) is 2.50. The largest absolute Gasteiger partial charge is 0.462 e. The summed E-state index contributed by atoms with van der Waals surface area (Å²) in [5, 5.41) is 11.2. The summed E-state index contributed by atoms with van der Waals surface area (Å²) < 4.78 is 18.0. The van der Waals surface area contributed by atoms with Crippen LogP contribution in [-0.4, -0.2) is 52.9 Å². The molecule has 32 heavy (non-hydrogen) atoms. The van der Waals surface area contributed by atoms with Crippen molar-refractivity contribution >= 4 is 28.4 Å². The van der Waals surface area contributed by atoms with E-state index in [1.54, 1.807) is 24.5 Å². The van der Waals surface area contributed by atoms with E-state index >= 15 is 0 Å². The highest BCUT2D eigenvalue weighted by molar-refractivity contribution is 6.12. The zero-order valence-corrected chi connectivity index (χ0v) is 17.8. The molecule has 4 heterocycles. The van der Waals surface area contributed by atoms with Gasteiger partial charge in [-0.1, -0.05) is 6.92 Å². The third-order valence-electron chi connectivity index (χ3n) is 5.86. The minimum Gasteiger partial charge on any atom is -0.462 e. The average Bonchev–Trinajstić information content (AvgIpc) is 3.23. The van der Waals surface area contributed by atoms with Crippen molar-refractivity contribution in [3.8, 4) is 0 Å². The molecule has 0 radical (unpaired) electrons. The number of aliphatic hydroxyl groups excluding tert-OH is 1. The maximum atomic E-state index is 13.2. The number of rotatable bonds is 6. The summed E-state index contributed by atoms with van der Waals surface area (Å²) in [4.78, 5) is 23.7. The third kappa shape index (κ3) is 4.16. The van der Waals surface area contributed by atoms with Gasteiger partial charge < -0.3 is 20.2 Å². The molecule has 1 aliphatic rings. The molecule has 3 atom stereocenters. The maximum Gasteiger partial charge on any atom is 0.278 e. The Hall–Kier alpha value is -3.08. The molecular weight excluding hydrogens is 415 g/mol. The highest BCUT2D eigenvalue weighted by Gasteiger charge is 2.33. The average molecular weight is 442 g/mol. The number of pyridine rings is 2. The highest BCUT2D eigenvalue weighted by Crippen LogP contribution is 2.32. The van der Waals surface area contributed by atoms with E-state index in [1.807, 2.05) is 11.8 Å². The van der Waals surface area contributed by atoms with Crippen LogP contribution >= 0.6 is 0 Å². The highest BCUT2D eigenvalue weighted by atomic mass is 19.1. The van der Waals surface area contributed by atoms with Crippen LogP contribution in [0.5, 0.6) is 0 Å². The van der Waals surface area contributed by atoms with Crippen LogP contribution in [0.4, 0.5) is 15.8 Å². The number of fused-ring (bicyclic) bond motifs is 1. The van der Waals surface area contributed by atoms with Crippen LogP contribution < -0.4 is 21.5 Å². The van der Waals surface area contributed by atoms with Crippen LogP contribution in [0.2, 0.25) is 0 Å². The van der Waals surface area contributed by atoms with Gasteiger partial charge in [0.05, 0.1) is 24.7 Å². The predicted octanol–water partition coefficient (Wildman–Crippen LogP) is 1.79. The smallest absolute Gasteiger partial charge is 0.278 e. The van der Waals surface area contributed by atoms with E-state index in [1.165, 1.54) is 12.5 Å². The van der Waals surface area contributed by atoms with Crippen LogP contribution in [0.25, 0.3) is 11.1 Å². The quantitative estimate of drug-likeness (QED) is 0.299. The van der Waals surface area contributed by atoms with Gasteiger partial charge in [0.2, 0.25) is 0 Å². The number of hydrazine groups is 1. The number of aryl methyl sites for hydroxylation is 1. The number of furan rings is 1. The van der Waals surface area contributed by atoms with E-state index < -0.39 is 24.7 Å². The Morgan fingerprint density at radius 3 is 2.97 bits per heavy atom. The molecule has 0 aromatic carbocycles. The number of aromatic nitrogens is 2. The molecule has 0 aliphatic carbocycles. The summed E-state index contributed by atoms with van der Waals surface area (Å²) in [6, 6.07) is 3.10. The van der Waals surface area contributed by atoms with Gasteiger partial charge in [0.1, 0.15) is 23.0 Å². The molecule has 3 aromatic heterocycles. The number of halogens is 1. The lowest BCUT2D eigenvalue weighted by atomic mass is 9.92. The Morgan fingerprint density at radius 2 is 2.22 bits per heavy atom. The number of nitrogens with two attached hydrogens (primary N) is 2. The van der Waals surface area contributed by atoms with E-state index in [0.29, 0.717) is 48.4 Å². The Kier molecular flexibility index (Phi) is 6.35. The van der Waals surface area contributed by atoms with E-state index in [4.69, 9.17) is 16.0 Å².